The number of nitrogens with one attached hydrogen (secondary N) is 2. The van der Waals surface area contributed by atoms with E-state index in [4.69, 9.17) is 5.73 Å². The van der Waals surface area contributed by atoms with Gasteiger partial charge in [0.2, 0.25) is 0 Å². The molecule has 17 heavy (non-hydrogen) atoms. The highest BCUT2D eigenvalue weighted by molar-refractivity contribution is 5.58. The molecule has 2 aromatic heterocycles. The van der Waals surface area contributed by atoms with Crippen molar-refractivity contribution in [2.75, 3.05) is 17.6 Å². The molecule has 0 aliphatic carbocycles. The Morgan fingerprint density at radius 1 is 1.53 bits per heavy atom. The van der Waals surface area contributed by atoms with Crippen LogP contribution in [0.2, 0.25) is 0 Å². The third-order valence-corrected chi connectivity index (χ3v) is 2.30. The van der Waals surface area contributed by atoms with Crippen molar-refractivity contribution in [2.45, 2.75) is 13.0 Å². The second kappa shape index (κ2) is 5.15. The number of anilines is 2. The van der Waals surface area contributed by atoms with Crippen molar-refractivity contribution < 1.29 is 0 Å². The van der Waals surface area contributed by atoms with Crippen LogP contribution in [-0.4, -0.2) is 26.3 Å². The summed E-state index contributed by atoms with van der Waals surface area (Å²) in [6, 6.07) is 1.88. The third kappa shape index (κ3) is 2.83. The molecule has 2 heterocycles. The molecule has 0 aromatic carbocycles. The third-order valence-electron chi connectivity index (χ3n) is 2.30. The molecule has 2 rings (SSSR count). The van der Waals surface area contributed by atoms with Crippen LogP contribution in [0, 0.1) is 0 Å². The van der Waals surface area contributed by atoms with Gasteiger partial charge >= 0.3 is 0 Å². The Hall–Kier alpha value is -2.31. The topological polar surface area (TPSA) is 102 Å². The SMILES string of the molecule is Nc1c(NCCCn2cccn2)nc[nH]c1=O. The summed E-state index contributed by atoms with van der Waals surface area (Å²) in [6.07, 6.45) is 5.84. The van der Waals surface area contributed by atoms with Crippen LogP contribution < -0.4 is 16.6 Å². The summed E-state index contributed by atoms with van der Waals surface area (Å²) in [5.74, 6) is 0.425. The van der Waals surface area contributed by atoms with Gasteiger partial charge in [-0.25, -0.2) is 4.98 Å². The Balaban J connectivity index is 1.82. The highest BCUT2D eigenvalue weighted by Crippen LogP contribution is 2.06. The first-order valence-corrected chi connectivity index (χ1v) is 5.32. The van der Waals surface area contributed by atoms with Crippen molar-refractivity contribution in [3.8, 4) is 0 Å². The summed E-state index contributed by atoms with van der Waals surface area (Å²) >= 11 is 0. The maximum Gasteiger partial charge on any atom is 0.276 e. The number of aryl methyl sites for hydroxylation is 1. The number of hydrogen-bond donors (Lipinski definition) is 3. The van der Waals surface area contributed by atoms with Gasteiger partial charge < -0.3 is 16.0 Å². The van der Waals surface area contributed by atoms with Crippen LogP contribution in [0.3, 0.4) is 0 Å². The summed E-state index contributed by atoms with van der Waals surface area (Å²) in [5, 5.41) is 7.11. The van der Waals surface area contributed by atoms with Gasteiger partial charge in [-0.3, -0.25) is 9.48 Å². The molecule has 0 amide bonds. The number of hydrogen-bond acceptors (Lipinski definition) is 5. The van der Waals surface area contributed by atoms with Crippen LogP contribution in [-0.2, 0) is 6.54 Å². The predicted octanol–water partition coefficient (Wildman–Crippen LogP) is 0.0508. The van der Waals surface area contributed by atoms with Crippen molar-refractivity contribution in [1.29, 1.82) is 0 Å². The Morgan fingerprint density at radius 2 is 2.41 bits per heavy atom. The standard InChI is InChI=1S/C10H14N6O/c11-8-9(13-7-14-10(8)17)12-3-1-5-16-6-2-4-15-16/h2,4,6-7H,1,3,5,11H2,(H2,12,13,14,17). The molecule has 0 spiro atoms. The highest BCUT2D eigenvalue weighted by atomic mass is 16.1. The molecule has 0 radical (unpaired) electrons. The second-order valence-electron chi connectivity index (χ2n) is 3.54. The van der Waals surface area contributed by atoms with E-state index in [-0.39, 0.29) is 11.2 Å². The summed E-state index contributed by atoms with van der Waals surface area (Å²) in [7, 11) is 0. The molecule has 7 nitrogen and oxygen atoms in total. The van der Waals surface area contributed by atoms with Crippen LogP contribution in [0.5, 0.6) is 0 Å². The molecule has 0 aliphatic heterocycles. The van der Waals surface area contributed by atoms with Crippen LogP contribution in [0.15, 0.2) is 29.6 Å². The monoisotopic (exact) mass is 234 g/mol. The molecule has 0 bridgehead atoms. The van der Waals surface area contributed by atoms with Crippen molar-refractivity contribution >= 4 is 11.5 Å². The van der Waals surface area contributed by atoms with Crippen molar-refractivity contribution in [3.63, 3.8) is 0 Å². The van der Waals surface area contributed by atoms with Gasteiger partial charge in [0.25, 0.3) is 5.56 Å². The predicted molar refractivity (Wildman–Crippen MR) is 64.6 cm³/mol. The van der Waals surface area contributed by atoms with E-state index < -0.39 is 0 Å². The van der Waals surface area contributed by atoms with Crippen LogP contribution in [0.25, 0.3) is 0 Å². The lowest BCUT2D eigenvalue weighted by Gasteiger charge is -2.06. The minimum absolute atomic E-state index is 0.117. The van der Waals surface area contributed by atoms with Gasteiger partial charge in [-0.15, -0.1) is 0 Å². The Labute approximate surface area is 97.7 Å². The lowest BCUT2D eigenvalue weighted by molar-refractivity contribution is 0.591. The number of nitrogen functional groups attached to an aromatic ring is 1. The number of aromatic nitrogens is 4. The van der Waals surface area contributed by atoms with Gasteiger partial charge in [-0.2, -0.15) is 5.10 Å². The van der Waals surface area contributed by atoms with Crippen molar-refractivity contribution in [3.05, 3.63) is 35.1 Å². The van der Waals surface area contributed by atoms with Gasteiger partial charge in [0, 0.05) is 25.5 Å². The van der Waals surface area contributed by atoms with Crippen LogP contribution in [0.1, 0.15) is 6.42 Å². The van der Waals surface area contributed by atoms with E-state index in [1.54, 1.807) is 6.20 Å². The summed E-state index contributed by atoms with van der Waals surface area (Å²) < 4.78 is 1.84. The van der Waals surface area contributed by atoms with E-state index >= 15 is 0 Å². The number of nitrogens with zero attached hydrogens (tertiary/aromatic N) is 3. The van der Waals surface area contributed by atoms with E-state index in [0.29, 0.717) is 12.4 Å². The summed E-state index contributed by atoms with van der Waals surface area (Å²) in [5.41, 5.74) is 5.37. The van der Waals surface area contributed by atoms with Gasteiger partial charge in [-0.1, -0.05) is 0 Å². The van der Waals surface area contributed by atoms with E-state index in [1.807, 2.05) is 16.9 Å². The summed E-state index contributed by atoms with van der Waals surface area (Å²) in [4.78, 5) is 17.6. The molecule has 0 unspecified atom stereocenters. The molecule has 2 aromatic rings. The molecule has 0 saturated carbocycles. The summed E-state index contributed by atoms with van der Waals surface area (Å²) in [6.45, 7) is 1.49. The lowest BCUT2D eigenvalue weighted by atomic mass is 10.4. The molecule has 0 aliphatic rings. The first kappa shape index (κ1) is 11.2. The fraction of sp³-hybridized carbons (Fsp3) is 0.300. The molecule has 0 saturated heterocycles. The highest BCUT2D eigenvalue weighted by Gasteiger charge is 2.02. The van der Waals surface area contributed by atoms with E-state index in [1.165, 1.54) is 6.33 Å². The molecule has 0 fully saturated rings. The molecular weight excluding hydrogens is 220 g/mol. The first-order valence-electron chi connectivity index (χ1n) is 5.32. The van der Waals surface area contributed by atoms with Gasteiger partial charge in [0.05, 0.1) is 6.33 Å². The fourth-order valence-corrected chi connectivity index (χ4v) is 1.43. The quantitative estimate of drug-likeness (QED) is 0.634. The van der Waals surface area contributed by atoms with E-state index in [9.17, 15) is 4.79 Å². The van der Waals surface area contributed by atoms with Gasteiger partial charge in [0.1, 0.15) is 5.69 Å². The van der Waals surface area contributed by atoms with Gasteiger partial charge in [-0.05, 0) is 12.5 Å². The van der Waals surface area contributed by atoms with E-state index in [2.05, 4.69) is 20.4 Å². The van der Waals surface area contributed by atoms with Crippen molar-refractivity contribution in [2.24, 2.45) is 0 Å². The van der Waals surface area contributed by atoms with Crippen LogP contribution >= 0.6 is 0 Å². The zero-order valence-corrected chi connectivity index (χ0v) is 9.26. The second-order valence-corrected chi connectivity index (χ2v) is 3.54. The van der Waals surface area contributed by atoms with E-state index in [0.717, 1.165) is 13.0 Å². The maximum atomic E-state index is 11.2. The Bertz CT molecular complexity index is 518. The maximum absolute atomic E-state index is 11.2. The van der Waals surface area contributed by atoms with Crippen molar-refractivity contribution in [1.82, 2.24) is 19.7 Å². The Morgan fingerprint density at radius 3 is 3.18 bits per heavy atom. The average molecular weight is 234 g/mol. The minimum Gasteiger partial charge on any atom is -0.391 e. The average Bonchev–Trinajstić information content (AvgIpc) is 2.83. The zero-order chi connectivity index (χ0) is 12.1. The molecule has 0 atom stereocenters. The lowest BCUT2D eigenvalue weighted by Crippen LogP contribution is -2.17. The first-order chi connectivity index (χ1) is 8.27. The molecular formula is C10H14N6O. The number of nitrogens with two attached hydrogens (primary N) is 1. The zero-order valence-electron chi connectivity index (χ0n) is 9.26. The van der Waals surface area contributed by atoms with Crippen LogP contribution in [0.4, 0.5) is 11.5 Å². The molecule has 90 valence electrons. The van der Waals surface area contributed by atoms with Gasteiger partial charge in [0.15, 0.2) is 5.82 Å². The molecule has 7 heteroatoms. The minimum atomic E-state index is -0.324. The Kier molecular flexibility index (Phi) is 3.39. The normalized spacial score (nSPS) is 10.4. The number of rotatable bonds is 5. The largest absolute Gasteiger partial charge is 0.391 e. The number of aromatic amines is 1. The fourth-order valence-electron chi connectivity index (χ4n) is 1.43. The smallest absolute Gasteiger partial charge is 0.276 e. The molecule has 4 N–H and O–H groups in total. The number of H-pyrrole nitrogens is 1.